The molecular formula is C24H25ClFN3O4. The molecule has 0 saturated carbocycles. The first-order valence-electron chi connectivity index (χ1n) is 10.5. The number of oxazole rings is 1. The fraction of sp³-hybridized carbons (Fsp3) is 0.292. The van der Waals surface area contributed by atoms with Crippen molar-refractivity contribution >= 4 is 23.5 Å². The average Bonchev–Trinajstić information content (AvgIpc) is 3.22. The molecular weight excluding hydrogens is 449 g/mol. The molecule has 3 aromatic rings. The second kappa shape index (κ2) is 11.1. The van der Waals surface area contributed by atoms with Crippen LogP contribution in [0.15, 0.2) is 53.1 Å². The number of carboxylic acids is 1. The highest BCUT2D eigenvalue weighted by atomic mass is 35.5. The van der Waals surface area contributed by atoms with Gasteiger partial charge in [-0.3, -0.25) is 9.59 Å². The van der Waals surface area contributed by atoms with Crippen molar-refractivity contribution in [1.29, 1.82) is 0 Å². The van der Waals surface area contributed by atoms with E-state index in [0.29, 0.717) is 28.3 Å². The molecule has 1 heterocycles. The largest absolute Gasteiger partial charge is 0.481 e. The Labute approximate surface area is 195 Å². The monoisotopic (exact) mass is 473 g/mol. The molecule has 1 amide bonds. The molecule has 3 rings (SSSR count). The second-order valence-corrected chi connectivity index (χ2v) is 8.26. The van der Waals surface area contributed by atoms with Crippen molar-refractivity contribution < 1.29 is 23.5 Å². The van der Waals surface area contributed by atoms with Gasteiger partial charge in [0.15, 0.2) is 0 Å². The van der Waals surface area contributed by atoms with Gasteiger partial charge in [-0.15, -0.1) is 0 Å². The number of amides is 1. The standard InChI is InChI=1S/C24H25ClFN3O4/c1-14-13-28-23(33-14)22(30)29-19(11-17(8-9-27)24(31)32)10-15-2-4-16(5-3-15)20-12-18(25)6-7-21(20)26/h2-7,12-13,17,19H,8-11,27H2,1H3,(H,29,30)(H,31,32)/t17-,19-/m1/s1. The fourth-order valence-corrected chi connectivity index (χ4v) is 3.78. The summed E-state index contributed by atoms with van der Waals surface area (Å²) >= 11 is 5.99. The summed E-state index contributed by atoms with van der Waals surface area (Å²) in [7, 11) is 0. The summed E-state index contributed by atoms with van der Waals surface area (Å²) < 4.78 is 19.5. The van der Waals surface area contributed by atoms with Crippen LogP contribution in [-0.2, 0) is 11.2 Å². The van der Waals surface area contributed by atoms with E-state index in [1.807, 2.05) is 12.1 Å². The zero-order chi connectivity index (χ0) is 24.0. The molecule has 0 aliphatic rings. The number of aryl methyl sites for hydroxylation is 1. The Morgan fingerprint density at radius 3 is 2.58 bits per heavy atom. The maximum atomic E-state index is 14.2. The Morgan fingerprint density at radius 1 is 1.24 bits per heavy atom. The zero-order valence-corrected chi connectivity index (χ0v) is 18.8. The summed E-state index contributed by atoms with van der Waals surface area (Å²) in [6.45, 7) is 1.89. The normalized spacial score (nSPS) is 12.8. The molecule has 2 atom stereocenters. The summed E-state index contributed by atoms with van der Waals surface area (Å²) in [5, 5.41) is 12.8. The lowest BCUT2D eigenvalue weighted by atomic mass is 9.92. The molecule has 4 N–H and O–H groups in total. The fourth-order valence-electron chi connectivity index (χ4n) is 3.61. The van der Waals surface area contributed by atoms with E-state index in [2.05, 4.69) is 10.3 Å². The molecule has 0 unspecified atom stereocenters. The van der Waals surface area contributed by atoms with Gasteiger partial charge in [0.2, 0.25) is 0 Å². The predicted molar refractivity (Wildman–Crippen MR) is 122 cm³/mol. The van der Waals surface area contributed by atoms with Gasteiger partial charge in [-0.2, -0.15) is 0 Å². The van der Waals surface area contributed by atoms with Gasteiger partial charge in [0.1, 0.15) is 11.6 Å². The van der Waals surface area contributed by atoms with Crippen LogP contribution in [0.3, 0.4) is 0 Å². The van der Waals surface area contributed by atoms with Crippen molar-refractivity contribution in [3.63, 3.8) is 0 Å². The second-order valence-electron chi connectivity index (χ2n) is 7.82. The first kappa shape index (κ1) is 24.4. The van der Waals surface area contributed by atoms with Crippen LogP contribution >= 0.6 is 11.6 Å². The number of carbonyl (C=O) groups excluding carboxylic acids is 1. The van der Waals surface area contributed by atoms with Gasteiger partial charge >= 0.3 is 11.9 Å². The van der Waals surface area contributed by atoms with Crippen LogP contribution in [0.1, 0.15) is 34.9 Å². The Balaban J connectivity index is 1.80. The number of benzene rings is 2. The Morgan fingerprint density at radius 2 is 1.97 bits per heavy atom. The van der Waals surface area contributed by atoms with Crippen molar-refractivity contribution in [2.45, 2.75) is 32.2 Å². The minimum absolute atomic E-state index is 0.0880. The number of rotatable bonds is 10. The van der Waals surface area contributed by atoms with Crippen molar-refractivity contribution in [1.82, 2.24) is 10.3 Å². The maximum Gasteiger partial charge on any atom is 0.307 e. The quantitative estimate of drug-likeness (QED) is 0.405. The van der Waals surface area contributed by atoms with E-state index in [9.17, 15) is 19.1 Å². The Hall–Kier alpha value is -3.23. The number of halogens is 2. The molecule has 0 fully saturated rings. The van der Waals surface area contributed by atoms with Gasteiger partial charge in [0, 0.05) is 16.6 Å². The van der Waals surface area contributed by atoms with E-state index in [0.717, 1.165) is 5.56 Å². The molecule has 0 saturated heterocycles. The first-order chi connectivity index (χ1) is 15.8. The third kappa shape index (κ3) is 6.63. The number of aliphatic carboxylic acids is 1. The van der Waals surface area contributed by atoms with Crippen LogP contribution in [0.2, 0.25) is 5.02 Å². The van der Waals surface area contributed by atoms with Gasteiger partial charge in [0.25, 0.3) is 5.89 Å². The number of nitrogens with zero attached hydrogens (tertiary/aromatic N) is 1. The van der Waals surface area contributed by atoms with Crippen LogP contribution in [0, 0.1) is 18.7 Å². The van der Waals surface area contributed by atoms with Crippen molar-refractivity contribution in [3.8, 4) is 11.1 Å². The third-order valence-corrected chi connectivity index (χ3v) is 5.49. The van der Waals surface area contributed by atoms with E-state index >= 15 is 0 Å². The van der Waals surface area contributed by atoms with Crippen LogP contribution in [0.4, 0.5) is 4.39 Å². The predicted octanol–water partition coefficient (Wildman–Crippen LogP) is 4.22. The summed E-state index contributed by atoms with van der Waals surface area (Å²) in [6, 6.07) is 11.0. The maximum absolute atomic E-state index is 14.2. The SMILES string of the molecule is Cc1cnc(C(=O)N[C@H](Cc2ccc(-c3cc(Cl)ccc3F)cc2)C[C@@H](CCN)C(=O)O)o1. The molecule has 0 radical (unpaired) electrons. The highest BCUT2D eigenvalue weighted by Gasteiger charge is 2.25. The van der Waals surface area contributed by atoms with Crippen molar-refractivity contribution in [2.75, 3.05) is 6.54 Å². The van der Waals surface area contributed by atoms with Gasteiger partial charge in [-0.05, 0) is 62.1 Å². The number of carbonyl (C=O) groups is 2. The van der Waals surface area contributed by atoms with Gasteiger partial charge in [-0.1, -0.05) is 35.9 Å². The molecule has 7 nitrogen and oxygen atoms in total. The number of hydrogen-bond donors (Lipinski definition) is 3. The van der Waals surface area contributed by atoms with E-state index in [1.165, 1.54) is 18.3 Å². The van der Waals surface area contributed by atoms with E-state index in [1.54, 1.807) is 25.1 Å². The highest BCUT2D eigenvalue weighted by Crippen LogP contribution is 2.27. The van der Waals surface area contributed by atoms with Gasteiger partial charge in [0.05, 0.1) is 12.1 Å². The number of aromatic nitrogens is 1. The number of nitrogens with one attached hydrogen (secondary N) is 1. The summed E-state index contributed by atoms with van der Waals surface area (Å²) in [6.07, 6.45) is 2.26. The minimum Gasteiger partial charge on any atom is -0.481 e. The summed E-state index contributed by atoms with van der Waals surface area (Å²) in [5.41, 5.74) is 7.44. The van der Waals surface area contributed by atoms with Crippen LogP contribution in [-0.4, -0.2) is 34.6 Å². The third-order valence-electron chi connectivity index (χ3n) is 5.26. The van der Waals surface area contributed by atoms with E-state index < -0.39 is 23.8 Å². The Bertz CT molecular complexity index is 1120. The number of nitrogens with two attached hydrogens (primary N) is 1. The van der Waals surface area contributed by atoms with Crippen molar-refractivity contribution in [2.24, 2.45) is 11.7 Å². The lowest BCUT2D eigenvalue weighted by Crippen LogP contribution is -2.39. The molecule has 9 heteroatoms. The highest BCUT2D eigenvalue weighted by molar-refractivity contribution is 6.30. The van der Waals surface area contributed by atoms with Crippen LogP contribution in [0.5, 0.6) is 0 Å². The molecule has 33 heavy (non-hydrogen) atoms. The summed E-state index contributed by atoms with van der Waals surface area (Å²) in [5.74, 6) is -2.20. The molecule has 0 aliphatic carbocycles. The van der Waals surface area contributed by atoms with Crippen molar-refractivity contribution in [3.05, 3.63) is 76.7 Å². The number of hydrogen-bond acceptors (Lipinski definition) is 5. The van der Waals surface area contributed by atoms with Crippen LogP contribution < -0.4 is 11.1 Å². The lowest BCUT2D eigenvalue weighted by molar-refractivity contribution is -0.142. The molecule has 0 bridgehead atoms. The smallest absolute Gasteiger partial charge is 0.307 e. The van der Waals surface area contributed by atoms with Gasteiger partial charge in [-0.25, -0.2) is 9.37 Å². The molecule has 0 spiro atoms. The average molecular weight is 474 g/mol. The first-order valence-corrected chi connectivity index (χ1v) is 10.8. The zero-order valence-electron chi connectivity index (χ0n) is 18.1. The number of carboxylic acid groups (broad SMARTS) is 1. The Kier molecular flexibility index (Phi) is 8.19. The van der Waals surface area contributed by atoms with E-state index in [4.69, 9.17) is 21.8 Å². The molecule has 0 aliphatic heterocycles. The molecule has 174 valence electrons. The molecule has 2 aromatic carbocycles. The minimum atomic E-state index is -0.974. The van der Waals surface area contributed by atoms with E-state index in [-0.39, 0.29) is 31.1 Å². The molecule has 1 aromatic heterocycles. The van der Waals surface area contributed by atoms with Crippen LogP contribution in [0.25, 0.3) is 11.1 Å². The lowest BCUT2D eigenvalue weighted by Gasteiger charge is -2.22. The summed E-state index contributed by atoms with van der Waals surface area (Å²) in [4.78, 5) is 28.2. The topological polar surface area (TPSA) is 118 Å². The van der Waals surface area contributed by atoms with Gasteiger partial charge < -0.3 is 20.6 Å².